The van der Waals surface area contributed by atoms with Gasteiger partial charge in [-0.3, -0.25) is 4.79 Å². The van der Waals surface area contributed by atoms with Crippen molar-refractivity contribution in [1.29, 1.82) is 0 Å². The Balaban J connectivity index is 2.05. The Hall–Kier alpha value is -1.52. The van der Waals surface area contributed by atoms with Crippen molar-refractivity contribution < 1.29 is 9.21 Å². The SMILES string of the molecule is Cc1c(Cl)cccc1NC(=O)C=Cc1ccc(Br)o1. The number of furan rings is 1. The quantitative estimate of drug-likeness (QED) is 0.826. The molecule has 1 aromatic heterocycles. The fourth-order valence-corrected chi connectivity index (χ4v) is 1.99. The molecule has 1 amide bonds. The molecule has 3 nitrogen and oxygen atoms in total. The number of hydrogen-bond donors (Lipinski definition) is 1. The monoisotopic (exact) mass is 339 g/mol. The molecule has 0 radical (unpaired) electrons. The largest absolute Gasteiger partial charge is 0.450 e. The molecular formula is C14H11BrClNO2. The van der Waals surface area contributed by atoms with Gasteiger partial charge in [-0.15, -0.1) is 0 Å². The number of rotatable bonds is 3. The smallest absolute Gasteiger partial charge is 0.248 e. The van der Waals surface area contributed by atoms with E-state index in [1.807, 2.05) is 6.92 Å². The second kappa shape index (κ2) is 6.08. The van der Waals surface area contributed by atoms with E-state index in [0.29, 0.717) is 21.1 Å². The maximum Gasteiger partial charge on any atom is 0.248 e. The van der Waals surface area contributed by atoms with Crippen molar-refractivity contribution in [2.24, 2.45) is 0 Å². The van der Waals surface area contributed by atoms with Gasteiger partial charge in [0.25, 0.3) is 0 Å². The zero-order valence-corrected chi connectivity index (χ0v) is 12.5. The molecule has 2 aromatic rings. The number of nitrogens with one attached hydrogen (secondary N) is 1. The van der Waals surface area contributed by atoms with E-state index in [9.17, 15) is 4.79 Å². The molecule has 0 aliphatic heterocycles. The van der Waals surface area contributed by atoms with E-state index in [1.165, 1.54) is 6.08 Å². The van der Waals surface area contributed by atoms with Gasteiger partial charge in [0.15, 0.2) is 4.67 Å². The number of amides is 1. The van der Waals surface area contributed by atoms with Crippen molar-refractivity contribution >= 4 is 45.2 Å². The van der Waals surface area contributed by atoms with Crippen LogP contribution in [-0.2, 0) is 4.79 Å². The van der Waals surface area contributed by atoms with E-state index in [-0.39, 0.29) is 5.91 Å². The lowest BCUT2D eigenvalue weighted by Gasteiger charge is -2.07. The molecular weight excluding hydrogens is 330 g/mol. The highest BCUT2D eigenvalue weighted by Gasteiger charge is 2.04. The maximum absolute atomic E-state index is 11.8. The molecule has 1 aromatic carbocycles. The Morgan fingerprint density at radius 1 is 1.37 bits per heavy atom. The average molecular weight is 341 g/mol. The Labute approximate surface area is 124 Å². The average Bonchev–Trinajstić information content (AvgIpc) is 2.78. The summed E-state index contributed by atoms with van der Waals surface area (Å²) in [5, 5.41) is 3.39. The first-order valence-corrected chi connectivity index (χ1v) is 6.73. The van der Waals surface area contributed by atoms with Crippen molar-refractivity contribution in [3.05, 3.63) is 57.4 Å². The number of halogens is 2. The lowest BCUT2D eigenvalue weighted by molar-refractivity contribution is -0.111. The first-order valence-electron chi connectivity index (χ1n) is 5.56. The maximum atomic E-state index is 11.8. The predicted octanol–water partition coefficient (Wildman–Crippen LogP) is 4.66. The Morgan fingerprint density at radius 2 is 2.16 bits per heavy atom. The summed E-state index contributed by atoms with van der Waals surface area (Å²) < 4.78 is 5.88. The fourth-order valence-electron chi connectivity index (χ4n) is 1.49. The van der Waals surface area contributed by atoms with Gasteiger partial charge >= 0.3 is 0 Å². The molecule has 0 aliphatic carbocycles. The highest BCUT2D eigenvalue weighted by molar-refractivity contribution is 9.10. The van der Waals surface area contributed by atoms with Crippen molar-refractivity contribution in [3.63, 3.8) is 0 Å². The summed E-state index contributed by atoms with van der Waals surface area (Å²) in [6.07, 6.45) is 3.01. The van der Waals surface area contributed by atoms with Gasteiger partial charge in [-0.25, -0.2) is 0 Å². The molecule has 0 spiro atoms. The van der Waals surface area contributed by atoms with Gasteiger partial charge in [0.2, 0.25) is 5.91 Å². The van der Waals surface area contributed by atoms with Gasteiger partial charge in [0.05, 0.1) is 0 Å². The van der Waals surface area contributed by atoms with Crippen LogP contribution in [0.15, 0.2) is 45.5 Å². The highest BCUT2D eigenvalue weighted by atomic mass is 79.9. The van der Waals surface area contributed by atoms with Crippen LogP contribution in [0.4, 0.5) is 5.69 Å². The van der Waals surface area contributed by atoms with E-state index in [4.69, 9.17) is 16.0 Å². The van der Waals surface area contributed by atoms with E-state index in [0.717, 1.165) is 5.56 Å². The zero-order chi connectivity index (χ0) is 13.8. The number of benzene rings is 1. The summed E-state index contributed by atoms with van der Waals surface area (Å²) in [4.78, 5) is 11.8. The molecule has 98 valence electrons. The fraction of sp³-hybridized carbons (Fsp3) is 0.0714. The van der Waals surface area contributed by atoms with Crippen LogP contribution in [0.2, 0.25) is 5.02 Å². The number of carbonyl (C=O) groups is 1. The van der Waals surface area contributed by atoms with Gasteiger partial charge in [-0.05, 0) is 58.8 Å². The number of hydrogen-bond acceptors (Lipinski definition) is 2. The van der Waals surface area contributed by atoms with Crippen molar-refractivity contribution in [1.82, 2.24) is 0 Å². The normalized spacial score (nSPS) is 10.9. The first kappa shape index (κ1) is 13.9. The lowest BCUT2D eigenvalue weighted by atomic mass is 10.2. The molecule has 0 aliphatic rings. The molecule has 0 saturated heterocycles. The summed E-state index contributed by atoms with van der Waals surface area (Å²) in [5.74, 6) is 0.364. The van der Waals surface area contributed by atoms with Gasteiger partial charge in [0, 0.05) is 16.8 Å². The summed E-state index contributed by atoms with van der Waals surface area (Å²) in [6.45, 7) is 1.85. The second-order valence-corrected chi connectivity index (χ2v) is 5.07. The van der Waals surface area contributed by atoms with E-state index in [2.05, 4.69) is 21.2 Å². The molecule has 0 atom stereocenters. The molecule has 0 saturated carbocycles. The van der Waals surface area contributed by atoms with E-state index in [1.54, 1.807) is 36.4 Å². The molecule has 0 fully saturated rings. The van der Waals surface area contributed by atoms with Crippen LogP contribution < -0.4 is 5.32 Å². The minimum Gasteiger partial charge on any atom is -0.450 e. The summed E-state index contributed by atoms with van der Waals surface area (Å²) >= 11 is 9.18. The third-order valence-electron chi connectivity index (χ3n) is 2.52. The molecule has 1 heterocycles. The lowest BCUT2D eigenvalue weighted by Crippen LogP contribution is -2.08. The summed E-state index contributed by atoms with van der Waals surface area (Å²) in [6, 6.07) is 8.90. The third-order valence-corrected chi connectivity index (χ3v) is 3.35. The Morgan fingerprint density at radius 3 is 2.84 bits per heavy atom. The van der Waals surface area contributed by atoms with Crippen LogP contribution in [0.3, 0.4) is 0 Å². The van der Waals surface area contributed by atoms with Gasteiger partial charge < -0.3 is 9.73 Å². The number of carbonyl (C=O) groups excluding carboxylic acids is 1. The minimum atomic E-state index is -0.238. The van der Waals surface area contributed by atoms with Crippen LogP contribution in [0.5, 0.6) is 0 Å². The van der Waals surface area contributed by atoms with Crippen molar-refractivity contribution in [2.75, 3.05) is 5.32 Å². The van der Waals surface area contributed by atoms with Gasteiger partial charge in [-0.1, -0.05) is 17.7 Å². The molecule has 5 heteroatoms. The highest BCUT2D eigenvalue weighted by Crippen LogP contribution is 2.23. The summed E-state index contributed by atoms with van der Waals surface area (Å²) in [7, 11) is 0. The predicted molar refractivity (Wildman–Crippen MR) is 80.3 cm³/mol. The van der Waals surface area contributed by atoms with Crippen LogP contribution >= 0.6 is 27.5 Å². The zero-order valence-electron chi connectivity index (χ0n) is 10.1. The van der Waals surface area contributed by atoms with Crippen LogP contribution in [0.25, 0.3) is 6.08 Å². The summed E-state index contributed by atoms with van der Waals surface area (Å²) in [5.41, 5.74) is 1.54. The van der Waals surface area contributed by atoms with Crippen LogP contribution in [0.1, 0.15) is 11.3 Å². The van der Waals surface area contributed by atoms with E-state index >= 15 is 0 Å². The molecule has 1 N–H and O–H groups in total. The van der Waals surface area contributed by atoms with Crippen LogP contribution in [0, 0.1) is 6.92 Å². The van der Waals surface area contributed by atoms with Crippen molar-refractivity contribution in [3.8, 4) is 0 Å². The third kappa shape index (κ3) is 3.72. The van der Waals surface area contributed by atoms with E-state index < -0.39 is 0 Å². The topological polar surface area (TPSA) is 42.2 Å². The molecule has 0 bridgehead atoms. The first-order chi connectivity index (χ1) is 9.06. The minimum absolute atomic E-state index is 0.238. The Bertz CT molecular complexity index is 634. The van der Waals surface area contributed by atoms with Crippen molar-refractivity contribution in [2.45, 2.75) is 6.92 Å². The molecule has 2 rings (SSSR count). The van der Waals surface area contributed by atoms with Crippen LogP contribution in [-0.4, -0.2) is 5.91 Å². The van der Waals surface area contributed by atoms with Gasteiger partial charge in [-0.2, -0.15) is 0 Å². The number of anilines is 1. The standard InChI is InChI=1S/C14H11BrClNO2/c1-9-11(16)3-2-4-12(9)17-14(18)8-6-10-5-7-13(15)19-10/h2-8H,1H3,(H,17,18). The molecule has 0 unspecified atom stereocenters. The Kier molecular flexibility index (Phi) is 4.45. The van der Waals surface area contributed by atoms with Gasteiger partial charge in [0.1, 0.15) is 5.76 Å². The molecule has 19 heavy (non-hydrogen) atoms. The second-order valence-electron chi connectivity index (χ2n) is 3.88.